The van der Waals surface area contributed by atoms with Crippen LogP contribution in [0.15, 0.2) is 61.7 Å². The van der Waals surface area contributed by atoms with Crippen molar-refractivity contribution >= 4 is 37.1 Å². The largest absolute Gasteiger partial charge is 0.135 e. The van der Waals surface area contributed by atoms with E-state index in [-0.39, 0.29) is 0 Å². The Hall–Kier alpha value is -1.86. The van der Waals surface area contributed by atoms with Crippen LogP contribution in [0.1, 0.15) is 5.56 Å². The summed E-state index contributed by atoms with van der Waals surface area (Å²) < 4.78 is 2.63. The summed E-state index contributed by atoms with van der Waals surface area (Å²) in [6.45, 7) is 7.86. The van der Waals surface area contributed by atoms with Crippen LogP contribution in [0.2, 0.25) is 0 Å². The lowest BCUT2D eigenvalue weighted by molar-refractivity contribution is 1.76. The Morgan fingerprint density at radius 2 is 1.76 bits per heavy atom. The zero-order valence-electron chi connectivity index (χ0n) is 9.44. The van der Waals surface area contributed by atoms with Crippen molar-refractivity contribution in [1.29, 1.82) is 0 Å². The lowest BCUT2D eigenvalue weighted by atomic mass is 10.0. The van der Waals surface area contributed by atoms with Crippen LogP contribution in [0.5, 0.6) is 0 Å². The summed E-state index contributed by atoms with van der Waals surface area (Å²) in [6.07, 6.45) is 1.82. The summed E-state index contributed by atoms with van der Waals surface area (Å²) in [7, 11) is 0. The molecule has 1 heteroatoms. The highest BCUT2D eigenvalue weighted by molar-refractivity contribution is 7.26. The predicted molar refractivity (Wildman–Crippen MR) is 78.6 cm³/mol. The zero-order valence-corrected chi connectivity index (χ0v) is 10.3. The van der Waals surface area contributed by atoms with E-state index in [1.54, 1.807) is 0 Å². The molecule has 0 saturated heterocycles. The van der Waals surface area contributed by atoms with Crippen LogP contribution < -0.4 is 0 Å². The summed E-state index contributed by atoms with van der Waals surface area (Å²) >= 11 is 1.82. The third kappa shape index (κ3) is 1.51. The van der Waals surface area contributed by atoms with Crippen LogP contribution in [0.3, 0.4) is 0 Å². The van der Waals surface area contributed by atoms with Crippen LogP contribution in [0.25, 0.3) is 25.7 Å². The fraction of sp³-hybridized carbons (Fsp3) is 0. The molecule has 0 aliphatic rings. The molecule has 0 aliphatic carbocycles. The number of hydrogen-bond acceptors (Lipinski definition) is 1. The predicted octanol–water partition coefficient (Wildman–Crippen LogP) is 5.25. The molecule has 3 rings (SSSR count). The van der Waals surface area contributed by atoms with Gasteiger partial charge in [0.2, 0.25) is 0 Å². The third-order valence-corrected chi connectivity index (χ3v) is 4.22. The van der Waals surface area contributed by atoms with Gasteiger partial charge in [-0.3, -0.25) is 0 Å². The first-order valence-electron chi connectivity index (χ1n) is 5.53. The molecule has 1 aromatic heterocycles. The summed E-state index contributed by atoms with van der Waals surface area (Å²) in [6, 6.07) is 14.9. The normalized spacial score (nSPS) is 10.8. The van der Waals surface area contributed by atoms with Crippen LogP contribution >= 0.6 is 11.3 Å². The van der Waals surface area contributed by atoms with Gasteiger partial charge in [-0.2, -0.15) is 0 Å². The van der Waals surface area contributed by atoms with Crippen LogP contribution in [0.4, 0.5) is 0 Å². The molecule has 2 aromatic carbocycles. The van der Waals surface area contributed by atoms with E-state index in [1.807, 2.05) is 17.4 Å². The smallest absolute Gasteiger partial charge is 0.0433 e. The van der Waals surface area contributed by atoms with Crippen LogP contribution in [-0.2, 0) is 0 Å². The lowest BCUT2D eigenvalue weighted by Gasteiger charge is -2.01. The van der Waals surface area contributed by atoms with Crippen molar-refractivity contribution in [2.45, 2.75) is 0 Å². The van der Waals surface area contributed by atoms with E-state index in [0.29, 0.717) is 0 Å². The molecule has 1 heterocycles. The third-order valence-electron chi connectivity index (χ3n) is 3.00. The lowest BCUT2D eigenvalue weighted by Crippen LogP contribution is -1.78. The van der Waals surface area contributed by atoms with Crippen molar-refractivity contribution in [2.24, 2.45) is 0 Å². The van der Waals surface area contributed by atoms with Gasteiger partial charge in [-0.25, -0.2) is 0 Å². The van der Waals surface area contributed by atoms with Crippen molar-refractivity contribution in [3.63, 3.8) is 0 Å². The number of thiophene rings is 1. The highest BCUT2D eigenvalue weighted by Gasteiger charge is 2.08. The minimum Gasteiger partial charge on any atom is -0.135 e. The maximum Gasteiger partial charge on any atom is 0.0433 e. The van der Waals surface area contributed by atoms with Gasteiger partial charge >= 0.3 is 0 Å². The Kier molecular flexibility index (Phi) is 2.34. The number of hydrogen-bond donors (Lipinski definition) is 0. The minimum absolute atomic E-state index is 0.988. The first-order valence-corrected chi connectivity index (χ1v) is 6.35. The Balaban J connectivity index is 2.47. The molecular weight excluding hydrogens is 224 g/mol. The topological polar surface area (TPSA) is 0 Å². The van der Waals surface area contributed by atoms with Gasteiger partial charge < -0.3 is 0 Å². The van der Waals surface area contributed by atoms with Crippen LogP contribution in [0, 0.1) is 0 Å². The quantitative estimate of drug-likeness (QED) is 0.533. The van der Waals surface area contributed by atoms with Gasteiger partial charge in [-0.1, -0.05) is 55.6 Å². The van der Waals surface area contributed by atoms with Gasteiger partial charge in [-0.05, 0) is 17.2 Å². The summed E-state index contributed by atoms with van der Waals surface area (Å²) in [5.74, 6) is 0. The van der Waals surface area contributed by atoms with Gasteiger partial charge in [0.15, 0.2) is 0 Å². The number of benzene rings is 2. The molecule has 0 bridgehead atoms. The van der Waals surface area contributed by atoms with Gasteiger partial charge in [0, 0.05) is 20.2 Å². The van der Waals surface area contributed by atoms with Gasteiger partial charge in [0.05, 0.1) is 0 Å². The van der Waals surface area contributed by atoms with E-state index >= 15 is 0 Å². The molecule has 0 saturated carbocycles. The SMILES string of the molecule is C=CC(=C)c1cccc2c1sc1ccccc12. The molecule has 0 aliphatic heterocycles. The minimum atomic E-state index is 0.988. The molecule has 0 spiro atoms. The molecule has 0 atom stereocenters. The highest BCUT2D eigenvalue weighted by atomic mass is 32.1. The highest BCUT2D eigenvalue weighted by Crippen LogP contribution is 2.37. The first-order chi connectivity index (χ1) is 8.31. The molecule has 17 heavy (non-hydrogen) atoms. The second kappa shape index (κ2) is 3.86. The average Bonchev–Trinajstić information content (AvgIpc) is 2.76. The second-order valence-corrected chi connectivity index (χ2v) is 5.06. The standard InChI is InChI=1S/C16H12S/c1-3-11(2)12-8-6-9-14-13-7-4-5-10-15(13)17-16(12)14/h3-10H,1-2H2. The summed E-state index contributed by atoms with van der Waals surface area (Å²) in [5, 5.41) is 2.64. The maximum absolute atomic E-state index is 4.05. The summed E-state index contributed by atoms with van der Waals surface area (Å²) in [5.41, 5.74) is 2.18. The van der Waals surface area contributed by atoms with E-state index in [1.165, 1.54) is 25.7 Å². The first kappa shape index (κ1) is 10.3. The van der Waals surface area contributed by atoms with E-state index in [2.05, 4.69) is 55.6 Å². The molecule has 0 radical (unpaired) electrons. The summed E-state index contributed by atoms with van der Waals surface area (Å²) in [4.78, 5) is 0. The molecule has 0 amide bonds. The van der Waals surface area contributed by atoms with Crippen molar-refractivity contribution < 1.29 is 0 Å². The number of allylic oxidation sites excluding steroid dienone is 2. The molecule has 0 nitrogen and oxygen atoms in total. The van der Waals surface area contributed by atoms with E-state index < -0.39 is 0 Å². The Morgan fingerprint density at radius 3 is 2.59 bits per heavy atom. The molecule has 0 unspecified atom stereocenters. The van der Waals surface area contributed by atoms with Gasteiger partial charge in [-0.15, -0.1) is 11.3 Å². The van der Waals surface area contributed by atoms with Crippen LogP contribution in [-0.4, -0.2) is 0 Å². The molecule has 3 aromatic rings. The maximum atomic E-state index is 4.05. The monoisotopic (exact) mass is 236 g/mol. The molecule has 0 fully saturated rings. The Labute approximate surface area is 105 Å². The molecule has 82 valence electrons. The second-order valence-electron chi connectivity index (χ2n) is 4.01. The number of rotatable bonds is 2. The van der Waals surface area contributed by atoms with E-state index in [9.17, 15) is 0 Å². The van der Waals surface area contributed by atoms with Gasteiger partial charge in [0.1, 0.15) is 0 Å². The zero-order chi connectivity index (χ0) is 11.8. The fourth-order valence-corrected chi connectivity index (χ4v) is 3.36. The average molecular weight is 236 g/mol. The van der Waals surface area contributed by atoms with E-state index in [0.717, 1.165) is 5.57 Å². The fourth-order valence-electron chi connectivity index (χ4n) is 2.11. The Morgan fingerprint density at radius 1 is 1.00 bits per heavy atom. The van der Waals surface area contributed by atoms with Crippen molar-refractivity contribution in [1.82, 2.24) is 0 Å². The molecular formula is C16H12S. The van der Waals surface area contributed by atoms with E-state index in [4.69, 9.17) is 0 Å². The van der Waals surface area contributed by atoms with Crippen molar-refractivity contribution in [3.8, 4) is 0 Å². The molecule has 0 N–H and O–H groups in total. The van der Waals surface area contributed by atoms with Crippen molar-refractivity contribution in [3.05, 3.63) is 67.3 Å². The van der Waals surface area contributed by atoms with Crippen molar-refractivity contribution in [2.75, 3.05) is 0 Å². The Bertz CT molecular complexity index is 731. The number of fused-ring (bicyclic) bond motifs is 3. The van der Waals surface area contributed by atoms with Gasteiger partial charge in [0.25, 0.3) is 0 Å².